The van der Waals surface area contributed by atoms with Gasteiger partial charge in [-0.25, -0.2) is 9.97 Å². The molecule has 28 heavy (non-hydrogen) atoms. The van der Waals surface area contributed by atoms with Gasteiger partial charge in [0.2, 0.25) is 0 Å². The van der Waals surface area contributed by atoms with E-state index in [-0.39, 0.29) is 0 Å². The summed E-state index contributed by atoms with van der Waals surface area (Å²) >= 11 is 7.92. The van der Waals surface area contributed by atoms with Gasteiger partial charge < -0.3 is 9.80 Å². The molecule has 2 aromatic heterocycles. The Bertz CT molecular complexity index is 990. The minimum atomic E-state index is 0.811. The molecule has 1 aliphatic carbocycles. The third-order valence-corrected chi connectivity index (χ3v) is 7.48. The van der Waals surface area contributed by atoms with Crippen LogP contribution < -0.4 is 9.80 Å². The molecule has 4 nitrogen and oxygen atoms in total. The van der Waals surface area contributed by atoms with E-state index in [9.17, 15) is 0 Å². The molecule has 0 radical (unpaired) electrons. The van der Waals surface area contributed by atoms with E-state index in [1.807, 2.05) is 30.4 Å². The van der Waals surface area contributed by atoms with E-state index in [1.165, 1.54) is 52.8 Å². The number of benzene rings is 1. The molecule has 0 bridgehead atoms. The number of halogens is 1. The average molecular weight is 414 g/mol. The van der Waals surface area contributed by atoms with Crippen molar-refractivity contribution >= 4 is 39.0 Å². The monoisotopic (exact) mass is 413 g/mol. The number of piperazine rings is 1. The fourth-order valence-electron chi connectivity index (χ4n) is 4.57. The first kappa shape index (κ1) is 18.3. The molecule has 2 aliphatic rings. The van der Waals surface area contributed by atoms with Crippen LogP contribution in [0.25, 0.3) is 10.2 Å². The molecule has 1 aromatic carbocycles. The number of anilines is 1. The molecule has 3 heterocycles. The standard InChI is InChI=1S/C22H25ClN4S/c1-15-24-21(20-18-4-2-3-5-19(18)28-22(20)25-15)27-12-10-26(11-13-27)14-16-6-8-17(23)9-7-16/h6-9H,2-5,10-14H2,1H3/p+1. The fourth-order valence-corrected chi connectivity index (χ4v) is 6.00. The summed E-state index contributed by atoms with van der Waals surface area (Å²) in [6.45, 7) is 7.48. The lowest BCUT2D eigenvalue weighted by molar-refractivity contribution is -0.914. The normalized spacial score (nSPS) is 17.9. The third kappa shape index (κ3) is 3.51. The van der Waals surface area contributed by atoms with E-state index < -0.39 is 0 Å². The van der Waals surface area contributed by atoms with Gasteiger partial charge in [0, 0.05) is 15.5 Å². The molecule has 1 saturated heterocycles. The van der Waals surface area contributed by atoms with Crippen molar-refractivity contribution in [3.05, 3.63) is 51.1 Å². The number of nitrogens with zero attached hydrogens (tertiary/aromatic N) is 3. The highest BCUT2D eigenvalue weighted by Gasteiger charge is 2.27. The Labute approximate surface area is 175 Å². The molecule has 0 saturated carbocycles. The van der Waals surface area contributed by atoms with Crippen LogP contribution in [0.2, 0.25) is 5.02 Å². The third-order valence-electron chi connectivity index (χ3n) is 6.04. The Morgan fingerprint density at radius 3 is 2.61 bits per heavy atom. The van der Waals surface area contributed by atoms with Crippen LogP contribution in [0.3, 0.4) is 0 Å². The smallest absolute Gasteiger partial charge is 0.141 e. The average Bonchev–Trinajstić information content (AvgIpc) is 3.08. The zero-order valence-electron chi connectivity index (χ0n) is 16.3. The van der Waals surface area contributed by atoms with Gasteiger partial charge in [0.1, 0.15) is 23.0 Å². The molecule has 0 spiro atoms. The van der Waals surface area contributed by atoms with Crippen molar-refractivity contribution in [1.82, 2.24) is 9.97 Å². The Hall–Kier alpha value is -1.69. The van der Waals surface area contributed by atoms with Gasteiger partial charge in [0.05, 0.1) is 31.6 Å². The van der Waals surface area contributed by atoms with Gasteiger partial charge in [-0.15, -0.1) is 11.3 Å². The number of rotatable bonds is 3. The summed E-state index contributed by atoms with van der Waals surface area (Å²) in [6, 6.07) is 8.28. The quantitative estimate of drug-likeness (QED) is 0.714. The summed E-state index contributed by atoms with van der Waals surface area (Å²) in [7, 11) is 0. The summed E-state index contributed by atoms with van der Waals surface area (Å²) in [5.41, 5.74) is 2.90. The first-order valence-electron chi connectivity index (χ1n) is 10.3. The highest BCUT2D eigenvalue weighted by Crippen LogP contribution is 2.39. The van der Waals surface area contributed by atoms with E-state index >= 15 is 0 Å². The number of thiophene rings is 1. The van der Waals surface area contributed by atoms with Crippen LogP contribution >= 0.6 is 22.9 Å². The number of nitrogens with one attached hydrogen (secondary N) is 1. The minimum Gasteiger partial charge on any atom is -0.345 e. The maximum absolute atomic E-state index is 6.02. The van der Waals surface area contributed by atoms with Crippen LogP contribution in [0.4, 0.5) is 5.82 Å². The van der Waals surface area contributed by atoms with Crippen molar-refractivity contribution in [2.75, 3.05) is 31.1 Å². The lowest BCUT2D eigenvalue weighted by Gasteiger charge is -2.33. The second-order valence-electron chi connectivity index (χ2n) is 8.03. The Morgan fingerprint density at radius 1 is 1.07 bits per heavy atom. The van der Waals surface area contributed by atoms with Crippen LogP contribution in [0.1, 0.15) is 34.7 Å². The predicted molar refractivity (Wildman–Crippen MR) is 117 cm³/mol. The summed E-state index contributed by atoms with van der Waals surface area (Å²) in [5, 5.41) is 2.16. The van der Waals surface area contributed by atoms with Crippen LogP contribution in [0.5, 0.6) is 0 Å². The maximum atomic E-state index is 6.02. The van der Waals surface area contributed by atoms with Crippen LogP contribution in [0, 0.1) is 6.92 Å². The van der Waals surface area contributed by atoms with Gasteiger partial charge in [0.15, 0.2) is 0 Å². The van der Waals surface area contributed by atoms with Gasteiger partial charge in [0.25, 0.3) is 0 Å². The van der Waals surface area contributed by atoms with E-state index in [4.69, 9.17) is 21.6 Å². The molecular formula is C22H26ClN4S+. The van der Waals surface area contributed by atoms with Crippen LogP contribution in [0.15, 0.2) is 24.3 Å². The van der Waals surface area contributed by atoms with Crippen molar-refractivity contribution in [2.45, 2.75) is 39.2 Å². The largest absolute Gasteiger partial charge is 0.345 e. The second kappa shape index (κ2) is 7.62. The topological polar surface area (TPSA) is 33.5 Å². The van der Waals surface area contributed by atoms with E-state index in [0.29, 0.717) is 0 Å². The number of hydrogen-bond acceptors (Lipinski definition) is 4. The van der Waals surface area contributed by atoms with Gasteiger partial charge in [-0.2, -0.15) is 0 Å². The first-order chi connectivity index (χ1) is 13.7. The number of hydrogen-bond donors (Lipinski definition) is 1. The zero-order chi connectivity index (χ0) is 19.1. The molecule has 146 valence electrons. The van der Waals surface area contributed by atoms with Gasteiger partial charge >= 0.3 is 0 Å². The highest BCUT2D eigenvalue weighted by atomic mass is 35.5. The molecule has 0 atom stereocenters. The highest BCUT2D eigenvalue weighted by molar-refractivity contribution is 7.19. The summed E-state index contributed by atoms with van der Waals surface area (Å²) in [5.74, 6) is 2.09. The molecule has 5 rings (SSSR count). The molecule has 3 aromatic rings. The summed E-state index contributed by atoms with van der Waals surface area (Å²) < 4.78 is 0. The minimum absolute atomic E-state index is 0.811. The molecular weight excluding hydrogens is 388 g/mol. The second-order valence-corrected chi connectivity index (χ2v) is 9.55. The van der Waals surface area contributed by atoms with Crippen LogP contribution in [-0.4, -0.2) is 36.1 Å². The number of aromatic nitrogens is 2. The zero-order valence-corrected chi connectivity index (χ0v) is 17.9. The predicted octanol–water partition coefficient (Wildman–Crippen LogP) is 3.44. The lowest BCUT2D eigenvalue weighted by Crippen LogP contribution is -3.13. The molecule has 0 unspecified atom stereocenters. The number of aryl methyl sites for hydroxylation is 3. The first-order valence-corrected chi connectivity index (χ1v) is 11.5. The Morgan fingerprint density at radius 2 is 1.82 bits per heavy atom. The van der Waals surface area contributed by atoms with Crippen molar-refractivity contribution in [2.24, 2.45) is 0 Å². The summed E-state index contributed by atoms with van der Waals surface area (Å²) in [4.78, 5) is 16.6. The van der Waals surface area contributed by atoms with E-state index in [0.717, 1.165) is 43.6 Å². The SMILES string of the molecule is Cc1nc(N2CC[NH+](Cc3ccc(Cl)cc3)CC2)c2c3c(sc2n1)CCCC3. The Balaban J connectivity index is 1.37. The van der Waals surface area contributed by atoms with Gasteiger partial charge in [-0.1, -0.05) is 23.7 Å². The molecule has 1 N–H and O–H groups in total. The molecule has 1 fully saturated rings. The lowest BCUT2D eigenvalue weighted by atomic mass is 9.97. The molecule has 1 aliphatic heterocycles. The fraction of sp³-hybridized carbons (Fsp3) is 0.455. The van der Waals surface area contributed by atoms with Crippen molar-refractivity contribution in [3.63, 3.8) is 0 Å². The number of fused-ring (bicyclic) bond motifs is 3. The van der Waals surface area contributed by atoms with Gasteiger partial charge in [-0.05, 0) is 50.3 Å². The molecule has 6 heteroatoms. The van der Waals surface area contributed by atoms with Crippen molar-refractivity contribution in [3.8, 4) is 0 Å². The molecule has 0 amide bonds. The number of quaternary nitrogens is 1. The van der Waals surface area contributed by atoms with Gasteiger partial charge in [-0.3, -0.25) is 0 Å². The van der Waals surface area contributed by atoms with Crippen molar-refractivity contribution in [1.29, 1.82) is 0 Å². The van der Waals surface area contributed by atoms with E-state index in [2.05, 4.69) is 17.0 Å². The summed E-state index contributed by atoms with van der Waals surface area (Å²) in [6.07, 6.45) is 5.02. The Kier molecular flexibility index (Phi) is 4.99. The van der Waals surface area contributed by atoms with Crippen molar-refractivity contribution < 1.29 is 4.90 Å². The maximum Gasteiger partial charge on any atom is 0.141 e. The van der Waals surface area contributed by atoms with Crippen LogP contribution in [-0.2, 0) is 19.4 Å². The van der Waals surface area contributed by atoms with E-state index in [1.54, 1.807) is 9.78 Å².